The summed E-state index contributed by atoms with van der Waals surface area (Å²) in [6.45, 7) is 4.43. The number of nitrogens with one attached hydrogen (secondary N) is 1. The lowest BCUT2D eigenvalue weighted by atomic mass is 10.2. The average Bonchev–Trinajstić information content (AvgIpc) is 2.83. The summed E-state index contributed by atoms with van der Waals surface area (Å²) >= 11 is 3.23. The van der Waals surface area contributed by atoms with Gasteiger partial charge in [0, 0.05) is 10.6 Å². The lowest BCUT2D eigenvalue weighted by Crippen LogP contribution is -2.19. The molecule has 2 rings (SSSR count). The van der Waals surface area contributed by atoms with Crippen molar-refractivity contribution in [1.29, 1.82) is 0 Å². The second kappa shape index (κ2) is 7.50. The van der Waals surface area contributed by atoms with E-state index in [0.717, 1.165) is 11.3 Å². The van der Waals surface area contributed by atoms with Gasteiger partial charge >= 0.3 is 0 Å². The Hall–Kier alpha value is -1.27. The van der Waals surface area contributed by atoms with Crippen LogP contribution in [0, 0.1) is 5.92 Å². The average molecular weight is 307 g/mol. The molecular formula is C14H17N3OS2. The number of rotatable bonds is 5. The van der Waals surface area contributed by atoms with Crippen LogP contribution in [0.25, 0.3) is 0 Å². The monoisotopic (exact) mass is 307 g/mol. The molecule has 1 amide bonds. The summed E-state index contributed by atoms with van der Waals surface area (Å²) in [6, 6.07) is 8.22. The molecule has 4 nitrogen and oxygen atoms in total. The summed E-state index contributed by atoms with van der Waals surface area (Å²) < 4.78 is 0. The molecule has 0 saturated carbocycles. The molecule has 0 bridgehead atoms. The quantitative estimate of drug-likeness (QED) is 0.517. The van der Waals surface area contributed by atoms with E-state index < -0.39 is 0 Å². The van der Waals surface area contributed by atoms with Crippen LogP contribution in [0.1, 0.15) is 19.4 Å². The third-order valence-corrected chi connectivity index (χ3v) is 4.71. The Morgan fingerprint density at radius 1 is 1.40 bits per heavy atom. The number of hydrogen-bond acceptors (Lipinski definition) is 5. The number of thioether (sulfide) groups is 2. The zero-order chi connectivity index (χ0) is 14.4. The molecule has 0 unspecified atom stereocenters. The van der Waals surface area contributed by atoms with Gasteiger partial charge in [-0.05, 0) is 23.6 Å². The third kappa shape index (κ3) is 5.02. The van der Waals surface area contributed by atoms with Gasteiger partial charge in [-0.2, -0.15) is 5.10 Å². The minimum atomic E-state index is -0.0181. The largest absolute Gasteiger partial charge is 0.303 e. The maximum absolute atomic E-state index is 11.0. The second-order valence-corrected chi connectivity index (χ2v) is 6.82. The Balaban J connectivity index is 1.88. The highest BCUT2D eigenvalue weighted by atomic mass is 32.2. The molecule has 1 aliphatic heterocycles. The molecule has 0 aliphatic carbocycles. The summed E-state index contributed by atoms with van der Waals surface area (Å²) in [4.78, 5) is 12.2. The van der Waals surface area contributed by atoms with Crippen LogP contribution >= 0.6 is 23.5 Å². The number of amidine groups is 1. The van der Waals surface area contributed by atoms with Gasteiger partial charge in [-0.3, -0.25) is 4.79 Å². The number of amides is 1. The summed E-state index contributed by atoms with van der Waals surface area (Å²) in [5, 5.41) is 11.1. The van der Waals surface area contributed by atoms with Crippen molar-refractivity contribution in [1.82, 2.24) is 5.32 Å². The van der Waals surface area contributed by atoms with E-state index in [1.54, 1.807) is 6.21 Å². The van der Waals surface area contributed by atoms with Gasteiger partial charge in [0.25, 0.3) is 0 Å². The number of nitrogens with zero attached hydrogens (tertiary/aromatic N) is 2. The van der Waals surface area contributed by atoms with Crippen molar-refractivity contribution in [3.63, 3.8) is 0 Å². The molecule has 0 radical (unpaired) electrons. The number of carbonyl (C=O) groups excluding carboxylic acids is 1. The van der Waals surface area contributed by atoms with E-state index in [2.05, 4.69) is 41.5 Å². The topological polar surface area (TPSA) is 53.8 Å². The van der Waals surface area contributed by atoms with Gasteiger partial charge in [0.15, 0.2) is 5.17 Å². The van der Waals surface area contributed by atoms with Crippen molar-refractivity contribution in [3.8, 4) is 0 Å². The Labute approximate surface area is 127 Å². The van der Waals surface area contributed by atoms with Crippen molar-refractivity contribution in [2.45, 2.75) is 18.7 Å². The highest BCUT2D eigenvalue weighted by Gasteiger charge is 2.15. The smallest absolute Gasteiger partial charge is 0.236 e. The Bertz CT molecular complexity index is 524. The first-order chi connectivity index (χ1) is 9.63. The molecule has 0 atom stereocenters. The second-order valence-electron chi connectivity index (χ2n) is 4.76. The third-order valence-electron chi connectivity index (χ3n) is 2.41. The number of benzene rings is 1. The molecular weight excluding hydrogens is 290 g/mol. The van der Waals surface area contributed by atoms with Crippen LogP contribution in [0.5, 0.6) is 0 Å². The Morgan fingerprint density at radius 2 is 2.15 bits per heavy atom. The van der Waals surface area contributed by atoms with Crippen LogP contribution in [0.3, 0.4) is 0 Å². The van der Waals surface area contributed by atoms with Crippen LogP contribution in [0.15, 0.2) is 39.4 Å². The molecule has 1 aliphatic rings. The molecule has 20 heavy (non-hydrogen) atoms. The van der Waals surface area contributed by atoms with E-state index in [1.165, 1.54) is 16.7 Å². The normalized spacial score (nSPS) is 17.4. The van der Waals surface area contributed by atoms with E-state index in [1.807, 2.05) is 23.9 Å². The van der Waals surface area contributed by atoms with Crippen molar-refractivity contribution in [2.75, 3.05) is 11.5 Å². The Morgan fingerprint density at radius 3 is 2.75 bits per heavy atom. The van der Waals surface area contributed by atoms with Gasteiger partial charge in [-0.25, -0.2) is 0 Å². The lowest BCUT2D eigenvalue weighted by molar-refractivity contribution is -0.116. The van der Waals surface area contributed by atoms with E-state index in [9.17, 15) is 4.79 Å². The summed E-state index contributed by atoms with van der Waals surface area (Å²) in [5.74, 6) is 2.22. The molecule has 6 heteroatoms. The molecule has 1 aromatic rings. The van der Waals surface area contributed by atoms with Gasteiger partial charge in [0.05, 0.1) is 12.0 Å². The highest BCUT2D eigenvalue weighted by molar-refractivity contribution is 8.15. The summed E-state index contributed by atoms with van der Waals surface area (Å²) in [5.41, 5.74) is 0.998. The standard InChI is InChI=1S/C14H17N3OS2/c1-10(2)8-19-12-5-3-11(4-6-12)7-15-17-14-16-13(18)9-20-14/h3-7,10H,8-9H2,1-2H3,(H,16,17,18). The molecule has 1 aromatic carbocycles. The fourth-order valence-electron chi connectivity index (χ4n) is 1.44. The number of hydrogen-bond donors (Lipinski definition) is 1. The van der Waals surface area contributed by atoms with Crippen LogP contribution in [-0.2, 0) is 4.79 Å². The molecule has 1 fully saturated rings. The molecule has 106 valence electrons. The SMILES string of the molecule is CC(C)CSc1ccc(C=NN=C2NC(=O)CS2)cc1. The lowest BCUT2D eigenvalue weighted by Gasteiger charge is -2.04. The first kappa shape index (κ1) is 15.1. The maximum Gasteiger partial charge on any atom is 0.236 e. The van der Waals surface area contributed by atoms with Gasteiger partial charge in [0.2, 0.25) is 5.91 Å². The summed E-state index contributed by atoms with van der Waals surface area (Å²) in [7, 11) is 0. The van der Waals surface area contributed by atoms with Gasteiger partial charge in [-0.1, -0.05) is 37.7 Å². The molecule has 1 N–H and O–H groups in total. The van der Waals surface area contributed by atoms with E-state index in [0.29, 0.717) is 16.8 Å². The first-order valence-electron chi connectivity index (χ1n) is 6.40. The zero-order valence-electron chi connectivity index (χ0n) is 11.5. The van der Waals surface area contributed by atoms with E-state index in [4.69, 9.17) is 0 Å². The van der Waals surface area contributed by atoms with Crippen molar-refractivity contribution < 1.29 is 4.79 Å². The van der Waals surface area contributed by atoms with Crippen LogP contribution in [0.4, 0.5) is 0 Å². The maximum atomic E-state index is 11.0. The highest BCUT2D eigenvalue weighted by Crippen LogP contribution is 2.20. The van der Waals surface area contributed by atoms with Crippen molar-refractivity contribution >= 4 is 40.8 Å². The van der Waals surface area contributed by atoms with Gasteiger partial charge in [-0.15, -0.1) is 16.9 Å². The minimum Gasteiger partial charge on any atom is -0.303 e. The fourth-order valence-corrected chi connectivity index (χ4v) is 2.93. The van der Waals surface area contributed by atoms with E-state index in [-0.39, 0.29) is 5.91 Å². The molecule has 0 spiro atoms. The van der Waals surface area contributed by atoms with Crippen molar-refractivity contribution in [3.05, 3.63) is 29.8 Å². The van der Waals surface area contributed by atoms with E-state index >= 15 is 0 Å². The first-order valence-corrected chi connectivity index (χ1v) is 8.37. The fraction of sp³-hybridized carbons (Fsp3) is 0.357. The van der Waals surface area contributed by atoms with Crippen molar-refractivity contribution in [2.24, 2.45) is 16.1 Å². The molecule has 1 saturated heterocycles. The van der Waals surface area contributed by atoms with Crippen LogP contribution < -0.4 is 5.32 Å². The Kier molecular flexibility index (Phi) is 5.67. The predicted molar refractivity (Wildman–Crippen MR) is 87.6 cm³/mol. The number of carbonyl (C=O) groups is 1. The molecule has 0 aromatic heterocycles. The molecule has 1 heterocycles. The van der Waals surface area contributed by atoms with Crippen LogP contribution in [0.2, 0.25) is 0 Å². The minimum absolute atomic E-state index is 0.0181. The zero-order valence-corrected chi connectivity index (χ0v) is 13.1. The van der Waals surface area contributed by atoms with Crippen LogP contribution in [-0.4, -0.2) is 28.8 Å². The summed E-state index contributed by atoms with van der Waals surface area (Å²) in [6.07, 6.45) is 1.69. The van der Waals surface area contributed by atoms with Gasteiger partial charge in [0.1, 0.15) is 0 Å². The predicted octanol–water partition coefficient (Wildman–Crippen LogP) is 2.99. The van der Waals surface area contributed by atoms with Gasteiger partial charge < -0.3 is 5.32 Å².